The molecule has 2 nitrogen and oxygen atoms in total. The number of aliphatic hydroxyl groups is 1. The highest BCUT2D eigenvalue weighted by molar-refractivity contribution is 5.37. The zero-order chi connectivity index (χ0) is 14.2. The summed E-state index contributed by atoms with van der Waals surface area (Å²) >= 11 is 0. The molecule has 20 heavy (non-hydrogen) atoms. The normalized spacial score (nSPS) is 33.1. The van der Waals surface area contributed by atoms with Gasteiger partial charge in [0.15, 0.2) is 0 Å². The number of rotatable bonds is 3. The Kier molecular flexibility index (Phi) is 3.87. The first-order valence-corrected chi connectivity index (χ1v) is 8.11. The summed E-state index contributed by atoms with van der Waals surface area (Å²) in [6.07, 6.45) is 6.58. The monoisotopic (exact) mass is 273 g/mol. The summed E-state index contributed by atoms with van der Waals surface area (Å²) in [5.41, 5.74) is 3.80. The van der Waals surface area contributed by atoms with E-state index in [1.807, 2.05) is 0 Å². The molecule has 2 aliphatic rings. The van der Waals surface area contributed by atoms with E-state index < -0.39 is 5.60 Å². The fraction of sp³-hybridized carbons (Fsp3) is 0.667. The Balaban J connectivity index is 1.62. The van der Waals surface area contributed by atoms with Crippen LogP contribution in [0, 0.1) is 12.8 Å². The SMILES string of the molecule is Cc1ccc2c(c1)C(NCC1(O)CCC(C)CC1)CC2. The summed E-state index contributed by atoms with van der Waals surface area (Å²) in [6, 6.07) is 7.22. The van der Waals surface area contributed by atoms with E-state index in [0.29, 0.717) is 6.04 Å². The van der Waals surface area contributed by atoms with Crippen LogP contribution in [-0.2, 0) is 6.42 Å². The second kappa shape index (κ2) is 5.50. The van der Waals surface area contributed by atoms with E-state index >= 15 is 0 Å². The maximum absolute atomic E-state index is 10.7. The Bertz CT molecular complexity index is 474. The van der Waals surface area contributed by atoms with Gasteiger partial charge in [0.2, 0.25) is 0 Å². The van der Waals surface area contributed by atoms with Crippen LogP contribution in [0.15, 0.2) is 18.2 Å². The van der Waals surface area contributed by atoms with Crippen LogP contribution in [0.2, 0.25) is 0 Å². The van der Waals surface area contributed by atoms with Gasteiger partial charge in [0.05, 0.1) is 5.60 Å². The quantitative estimate of drug-likeness (QED) is 0.883. The zero-order valence-electron chi connectivity index (χ0n) is 12.8. The Labute approximate surface area is 122 Å². The van der Waals surface area contributed by atoms with Crippen LogP contribution in [-0.4, -0.2) is 17.3 Å². The molecule has 1 saturated carbocycles. The molecule has 1 unspecified atom stereocenters. The topological polar surface area (TPSA) is 32.3 Å². The fourth-order valence-corrected chi connectivity index (χ4v) is 3.72. The van der Waals surface area contributed by atoms with Crippen LogP contribution in [0.25, 0.3) is 0 Å². The van der Waals surface area contributed by atoms with Crippen molar-refractivity contribution in [1.29, 1.82) is 0 Å². The summed E-state index contributed by atoms with van der Waals surface area (Å²) in [5, 5.41) is 14.3. The van der Waals surface area contributed by atoms with Crippen molar-refractivity contribution in [3.63, 3.8) is 0 Å². The van der Waals surface area contributed by atoms with Gasteiger partial charge in [-0.2, -0.15) is 0 Å². The van der Waals surface area contributed by atoms with Crippen LogP contribution in [0.3, 0.4) is 0 Å². The van der Waals surface area contributed by atoms with Gasteiger partial charge in [0.1, 0.15) is 0 Å². The average Bonchev–Trinajstić information content (AvgIpc) is 2.83. The molecule has 0 amide bonds. The lowest BCUT2D eigenvalue weighted by molar-refractivity contribution is -0.00818. The molecule has 0 saturated heterocycles. The minimum Gasteiger partial charge on any atom is -0.389 e. The minimum absolute atomic E-state index is 0.438. The molecule has 2 N–H and O–H groups in total. The van der Waals surface area contributed by atoms with Gasteiger partial charge in [-0.25, -0.2) is 0 Å². The van der Waals surface area contributed by atoms with Crippen LogP contribution in [0.4, 0.5) is 0 Å². The molecule has 110 valence electrons. The van der Waals surface area contributed by atoms with Crippen molar-refractivity contribution in [2.75, 3.05) is 6.54 Å². The Morgan fingerprint density at radius 2 is 2.00 bits per heavy atom. The molecule has 0 spiro atoms. The molecule has 0 heterocycles. The highest BCUT2D eigenvalue weighted by atomic mass is 16.3. The Morgan fingerprint density at radius 3 is 2.75 bits per heavy atom. The maximum atomic E-state index is 10.7. The molecule has 2 heteroatoms. The van der Waals surface area contributed by atoms with Gasteiger partial charge in [-0.05, 0) is 62.5 Å². The molecule has 1 fully saturated rings. The van der Waals surface area contributed by atoms with Gasteiger partial charge in [-0.3, -0.25) is 0 Å². The van der Waals surface area contributed by atoms with Crippen LogP contribution in [0.1, 0.15) is 61.8 Å². The summed E-state index contributed by atoms with van der Waals surface area (Å²) in [7, 11) is 0. The lowest BCUT2D eigenvalue weighted by atomic mass is 9.79. The van der Waals surface area contributed by atoms with Crippen LogP contribution >= 0.6 is 0 Å². The highest BCUT2D eigenvalue weighted by Gasteiger charge is 2.33. The molecule has 3 rings (SSSR count). The fourth-order valence-electron chi connectivity index (χ4n) is 3.72. The third-order valence-electron chi connectivity index (χ3n) is 5.26. The standard InChI is InChI=1S/C18H27NO/c1-13-7-9-18(20,10-8-13)12-19-17-6-5-15-4-3-14(2)11-16(15)17/h3-4,11,13,17,19-20H,5-10,12H2,1-2H3. The van der Waals surface area contributed by atoms with Crippen molar-refractivity contribution in [2.45, 2.75) is 64.0 Å². The predicted molar refractivity (Wildman–Crippen MR) is 82.8 cm³/mol. The molecule has 1 aromatic rings. The third kappa shape index (κ3) is 2.91. The van der Waals surface area contributed by atoms with Gasteiger partial charge in [-0.1, -0.05) is 30.7 Å². The smallest absolute Gasteiger partial charge is 0.0772 e. The first kappa shape index (κ1) is 14.1. The minimum atomic E-state index is -0.473. The van der Waals surface area contributed by atoms with E-state index in [1.54, 1.807) is 0 Å². The molecule has 1 atom stereocenters. The summed E-state index contributed by atoms with van der Waals surface area (Å²) in [6.45, 7) is 5.20. The molecule has 2 aliphatic carbocycles. The lowest BCUT2D eigenvalue weighted by Gasteiger charge is -2.36. The predicted octanol–water partition coefficient (Wildman–Crippen LogP) is 3.51. The van der Waals surface area contributed by atoms with Crippen molar-refractivity contribution in [3.05, 3.63) is 34.9 Å². The van der Waals surface area contributed by atoms with Crippen LogP contribution < -0.4 is 5.32 Å². The van der Waals surface area contributed by atoms with Gasteiger partial charge in [-0.15, -0.1) is 0 Å². The maximum Gasteiger partial charge on any atom is 0.0772 e. The number of benzene rings is 1. The van der Waals surface area contributed by atoms with E-state index in [-0.39, 0.29) is 0 Å². The first-order chi connectivity index (χ1) is 9.56. The zero-order valence-corrected chi connectivity index (χ0v) is 12.8. The van der Waals surface area contributed by atoms with Crippen LogP contribution in [0.5, 0.6) is 0 Å². The molecule has 0 aliphatic heterocycles. The molecular formula is C18H27NO. The van der Waals surface area contributed by atoms with E-state index in [9.17, 15) is 5.11 Å². The second-order valence-corrected chi connectivity index (χ2v) is 7.08. The largest absolute Gasteiger partial charge is 0.389 e. The summed E-state index contributed by atoms with van der Waals surface area (Å²) in [4.78, 5) is 0. The lowest BCUT2D eigenvalue weighted by Crippen LogP contribution is -2.44. The van der Waals surface area contributed by atoms with E-state index in [2.05, 4.69) is 37.4 Å². The van der Waals surface area contributed by atoms with E-state index in [1.165, 1.54) is 42.4 Å². The number of hydrogen-bond donors (Lipinski definition) is 2. The Morgan fingerprint density at radius 1 is 1.25 bits per heavy atom. The average molecular weight is 273 g/mol. The van der Waals surface area contributed by atoms with Crippen molar-refractivity contribution < 1.29 is 5.11 Å². The highest BCUT2D eigenvalue weighted by Crippen LogP contribution is 2.34. The molecule has 0 radical (unpaired) electrons. The Hall–Kier alpha value is -0.860. The molecule has 0 bridgehead atoms. The molecule has 1 aromatic carbocycles. The van der Waals surface area contributed by atoms with Crippen molar-refractivity contribution >= 4 is 0 Å². The summed E-state index contributed by atoms with van der Waals surface area (Å²) < 4.78 is 0. The van der Waals surface area contributed by atoms with Crippen molar-refractivity contribution in [3.8, 4) is 0 Å². The first-order valence-electron chi connectivity index (χ1n) is 8.11. The molecular weight excluding hydrogens is 246 g/mol. The third-order valence-corrected chi connectivity index (χ3v) is 5.26. The number of hydrogen-bond acceptors (Lipinski definition) is 2. The van der Waals surface area contributed by atoms with E-state index in [4.69, 9.17) is 0 Å². The number of fused-ring (bicyclic) bond motifs is 1. The second-order valence-electron chi connectivity index (χ2n) is 7.08. The van der Waals surface area contributed by atoms with Crippen molar-refractivity contribution in [1.82, 2.24) is 5.32 Å². The van der Waals surface area contributed by atoms with Crippen molar-refractivity contribution in [2.24, 2.45) is 5.92 Å². The number of aryl methyl sites for hydroxylation is 2. The van der Waals surface area contributed by atoms with Gasteiger partial charge >= 0.3 is 0 Å². The van der Waals surface area contributed by atoms with Gasteiger partial charge in [0, 0.05) is 12.6 Å². The van der Waals surface area contributed by atoms with Gasteiger partial charge in [0.25, 0.3) is 0 Å². The molecule has 0 aromatic heterocycles. The van der Waals surface area contributed by atoms with Gasteiger partial charge < -0.3 is 10.4 Å². The number of nitrogens with one attached hydrogen (secondary N) is 1. The summed E-state index contributed by atoms with van der Waals surface area (Å²) in [5.74, 6) is 0.783. The van der Waals surface area contributed by atoms with E-state index in [0.717, 1.165) is 25.3 Å².